The van der Waals surface area contributed by atoms with Crippen molar-refractivity contribution in [3.63, 3.8) is 0 Å². The van der Waals surface area contributed by atoms with Crippen molar-refractivity contribution in [2.75, 3.05) is 4.90 Å². The molecule has 0 unspecified atom stereocenters. The van der Waals surface area contributed by atoms with Crippen LogP contribution in [0.4, 0.5) is 17.1 Å². The van der Waals surface area contributed by atoms with Crippen LogP contribution in [0.3, 0.4) is 0 Å². The number of benzene rings is 9. The van der Waals surface area contributed by atoms with E-state index < -0.39 is 0 Å². The Kier molecular flexibility index (Phi) is 7.20. The van der Waals surface area contributed by atoms with Crippen molar-refractivity contribution >= 4 is 82.7 Å². The molecule has 58 heavy (non-hydrogen) atoms. The van der Waals surface area contributed by atoms with Gasteiger partial charge in [0, 0.05) is 49.3 Å². The summed E-state index contributed by atoms with van der Waals surface area (Å²) >= 11 is 0. The third kappa shape index (κ3) is 4.82. The molecule has 0 aliphatic heterocycles. The Balaban J connectivity index is 1.14. The maximum atomic E-state index is 7.01. The lowest BCUT2D eigenvalue weighted by Gasteiger charge is -2.29. The van der Waals surface area contributed by atoms with Crippen molar-refractivity contribution in [1.29, 1.82) is 0 Å². The topological polar surface area (TPSA) is 34.5 Å². The van der Waals surface area contributed by atoms with E-state index in [9.17, 15) is 0 Å². The second-order valence-electron chi connectivity index (χ2n) is 14.8. The number of hydrogen-bond acceptors (Lipinski definition) is 3. The van der Waals surface area contributed by atoms with Crippen LogP contribution in [0.1, 0.15) is 0 Å². The average Bonchev–Trinajstić information content (AvgIpc) is 3.97. The molecule has 0 radical (unpaired) electrons. The first-order valence-electron chi connectivity index (χ1n) is 19.7. The van der Waals surface area contributed by atoms with Crippen molar-refractivity contribution in [3.05, 3.63) is 206 Å². The van der Waals surface area contributed by atoms with Gasteiger partial charge in [-0.15, -0.1) is 0 Å². The van der Waals surface area contributed by atoms with Crippen LogP contribution in [0.2, 0.25) is 0 Å². The standard InChI is InChI=1S/C54H34N2O2/c1-2-17-35(18-3-1)55(44-26-10-6-21-38(44)40-25-16-32-51-52(40)42-23-8-14-30-49(42)57-51)48-34-33-41(54-53(48)43-24-9-15-31-50(43)58-54)39-22-7-13-29-47(39)56-45-27-11-4-19-36(45)37-20-5-12-28-46(37)56/h1-34H. The van der Waals surface area contributed by atoms with E-state index in [2.05, 4.69) is 204 Å². The molecule has 4 nitrogen and oxygen atoms in total. The molecule has 12 rings (SSSR count). The third-order valence-corrected chi connectivity index (χ3v) is 11.6. The number of hydrogen-bond donors (Lipinski definition) is 0. The lowest BCUT2D eigenvalue weighted by molar-refractivity contribution is 0.669. The van der Waals surface area contributed by atoms with Crippen LogP contribution in [0, 0.1) is 0 Å². The molecule has 0 atom stereocenters. The normalized spacial score (nSPS) is 11.8. The SMILES string of the molecule is c1ccc(N(c2ccccc2-c2cccc3oc4ccccc4c23)c2ccc(-c3ccccc3-n3c4ccccc4c4ccccc43)c3oc4ccccc4c23)cc1. The number of nitrogens with zero attached hydrogens (tertiary/aromatic N) is 2. The molecular weight excluding hydrogens is 709 g/mol. The zero-order valence-corrected chi connectivity index (χ0v) is 31.3. The monoisotopic (exact) mass is 742 g/mol. The van der Waals surface area contributed by atoms with Gasteiger partial charge in [0.05, 0.1) is 33.5 Å². The number of anilines is 3. The largest absolute Gasteiger partial charge is 0.456 e. The molecule has 3 aromatic heterocycles. The maximum absolute atomic E-state index is 7.01. The Morgan fingerprint density at radius 1 is 0.328 bits per heavy atom. The fraction of sp³-hybridized carbons (Fsp3) is 0. The number of furan rings is 2. The Hall–Kier alpha value is -7.82. The van der Waals surface area contributed by atoms with E-state index in [0.29, 0.717) is 0 Å². The smallest absolute Gasteiger partial charge is 0.145 e. The minimum absolute atomic E-state index is 0.841. The second kappa shape index (κ2) is 12.9. The highest BCUT2D eigenvalue weighted by atomic mass is 16.3. The highest BCUT2D eigenvalue weighted by Crippen LogP contribution is 2.50. The van der Waals surface area contributed by atoms with Crippen LogP contribution in [-0.2, 0) is 0 Å². The minimum Gasteiger partial charge on any atom is -0.456 e. The summed E-state index contributed by atoms with van der Waals surface area (Å²) in [6.07, 6.45) is 0. The molecule has 0 amide bonds. The number of rotatable bonds is 6. The van der Waals surface area contributed by atoms with E-state index in [0.717, 1.165) is 88.9 Å². The first kappa shape index (κ1) is 32.4. The zero-order chi connectivity index (χ0) is 38.2. The van der Waals surface area contributed by atoms with Crippen molar-refractivity contribution < 1.29 is 8.83 Å². The van der Waals surface area contributed by atoms with Gasteiger partial charge in [-0.05, 0) is 72.3 Å². The molecule has 3 heterocycles. The van der Waals surface area contributed by atoms with Gasteiger partial charge < -0.3 is 18.3 Å². The Morgan fingerprint density at radius 3 is 1.64 bits per heavy atom. The van der Waals surface area contributed by atoms with Crippen molar-refractivity contribution in [2.24, 2.45) is 0 Å². The summed E-state index contributed by atoms with van der Waals surface area (Å²) in [4.78, 5) is 2.39. The lowest BCUT2D eigenvalue weighted by atomic mass is 9.95. The molecule has 0 N–H and O–H groups in total. The zero-order valence-electron chi connectivity index (χ0n) is 31.3. The van der Waals surface area contributed by atoms with Crippen LogP contribution < -0.4 is 4.90 Å². The molecule has 0 saturated heterocycles. The van der Waals surface area contributed by atoms with E-state index >= 15 is 0 Å². The lowest BCUT2D eigenvalue weighted by Crippen LogP contribution is -2.11. The fourth-order valence-corrected chi connectivity index (χ4v) is 9.17. The molecule has 9 aromatic carbocycles. The van der Waals surface area contributed by atoms with E-state index in [4.69, 9.17) is 8.83 Å². The summed E-state index contributed by atoms with van der Waals surface area (Å²) in [6, 6.07) is 73.0. The van der Waals surface area contributed by atoms with Gasteiger partial charge in [0.15, 0.2) is 0 Å². The number of para-hydroxylation sites is 7. The van der Waals surface area contributed by atoms with Crippen LogP contribution in [-0.4, -0.2) is 4.57 Å². The van der Waals surface area contributed by atoms with Gasteiger partial charge in [-0.25, -0.2) is 0 Å². The van der Waals surface area contributed by atoms with Gasteiger partial charge in [0.25, 0.3) is 0 Å². The first-order valence-corrected chi connectivity index (χ1v) is 19.7. The molecule has 0 spiro atoms. The number of aromatic nitrogens is 1. The molecule has 272 valence electrons. The molecular formula is C54H34N2O2. The van der Waals surface area contributed by atoms with E-state index in [1.165, 1.54) is 21.8 Å². The van der Waals surface area contributed by atoms with Gasteiger partial charge in [0.2, 0.25) is 0 Å². The average molecular weight is 743 g/mol. The van der Waals surface area contributed by atoms with E-state index in [1.54, 1.807) is 0 Å². The highest BCUT2D eigenvalue weighted by Gasteiger charge is 2.26. The van der Waals surface area contributed by atoms with Crippen LogP contribution in [0.25, 0.3) is 93.6 Å². The first-order chi connectivity index (χ1) is 28.8. The molecule has 0 bridgehead atoms. The molecule has 0 saturated carbocycles. The predicted molar refractivity (Wildman–Crippen MR) is 241 cm³/mol. The van der Waals surface area contributed by atoms with Crippen molar-refractivity contribution in [2.45, 2.75) is 0 Å². The third-order valence-electron chi connectivity index (χ3n) is 11.6. The van der Waals surface area contributed by atoms with Gasteiger partial charge >= 0.3 is 0 Å². The Bertz CT molecular complexity index is 3480. The fourth-order valence-electron chi connectivity index (χ4n) is 9.17. The van der Waals surface area contributed by atoms with Gasteiger partial charge in [-0.1, -0.05) is 140 Å². The molecule has 12 aromatic rings. The number of fused-ring (bicyclic) bond motifs is 9. The quantitative estimate of drug-likeness (QED) is 0.170. The highest BCUT2D eigenvalue weighted by molar-refractivity contribution is 6.19. The van der Waals surface area contributed by atoms with Crippen LogP contribution in [0.15, 0.2) is 215 Å². The van der Waals surface area contributed by atoms with Crippen LogP contribution >= 0.6 is 0 Å². The summed E-state index contributed by atoms with van der Waals surface area (Å²) in [7, 11) is 0. The molecule has 0 fully saturated rings. The summed E-state index contributed by atoms with van der Waals surface area (Å²) < 4.78 is 15.8. The van der Waals surface area contributed by atoms with Gasteiger partial charge in [-0.3, -0.25) is 0 Å². The summed E-state index contributed by atoms with van der Waals surface area (Å²) in [6.45, 7) is 0. The maximum Gasteiger partial charge on any atom is 0.145 e. The summed E-state index contributed by atoms with van der Waals surface area (Å²) in [5, 5.41) is 6.78. The van der Waals surface area contributed by atoms with Gasteiger partial charge in [0.1, 0.15) is 22.3 Å². The minimum atomic E-state index is 0.841. The summed E-state index contributed by atoms with van der Waals surface area (Å²) in [5.74, 6) is 0. The van der Waals surface area contributed by atoms with E-state index in [-0.39, 0.29) is 0 Å². The van der Waals surface area contributed by atoms with E-state index in [1.807, 2.05) is 12.1 Å². The molecule has 4 heteroatoms. The second-order valence-corrected chi connectivity index (χ2v) is 14.8. The van der Waals surface area contributed by atoms with Crippen molar-refractivity contribution in [1.82, 2.24) is 4.57 Å². The van der Waals surface area contributed by atoms with Gasteiger partial charge in [-0.2, -0.15) is 0 Å². The predicted octanol–water partition coefficient (Wildman–Crippen LogP) is 15.4. The van der Waals surface area contributed by atoms with Crippen LogP contribution in [0.5, 0.6) is 0 Å². The Labute approximate surface area is 334 Å². The molecule has 0 aliphatic rings. The molecule has 0 aliphatic carbocycles. The van der Waals surface area contributed by atoms with Crippen molar-refractivity contribution in [3.8, 4) is 27.9 Å². The Morgan fingerprint density at radius 2 is 0.879 bits per heavy atom. The summed E-state index contributed by atoms with van der Waals surface area (Å²) in [5.41, 5.74) is 14.3.